The molecule has 3 aliphatic rings. The zero-order chi connectivity index (χ0) is 49.5. The number of rotatable bonds is 10. The molecule has 3 amide bonds. The number of halogens is 2. The van der Waals surface area contributed by atoms with Crippen molar-refractivity contribution in [2.45, 2.75) is 49.9 Å². The molecule has 362 valence electrons. The summed E-state index contributed by atoms with van der Waals surface area (Å²) in [6, 6.07) is 21.7. The van der Waals surface area contributed by atoms with E-state index in [4.69, 9.17) is 43.5 Å². The first-order chi connectivity index (χ1) is 34.3. The summed E-state index contributed by atoms with van der Waals surface area (Å²) in [7, 11) is 0. The van der Waals surface area contributed by atoms with Gasteiger partial charge < -0.3 is 44.2 Å². The Morgan fingerprint density at radius 3 is 1.79 bits per heavy atom. The number of hydrogen-bond acceptors (Lipinski definition) is 14. The van der Waals surface area contributed by atoms with E-state index < -0.39 is 30.1 Å². The van der Waals surface area contributed by atoms with E-state index in [-0.39, 0.29) is 72.4 Å². The highest BCUT2D eigenvalue weighted by Crippen LogP contribution is 2.45. The van der Waals surface area contributed by atoms with E-state index in [1.807, 2.05) is 24.3 Å². The molecule has 2 aliphatic heterocycles. The average Bonchev–Trinajstić information content (AvgIpc) is 4.23. The van der Waals surface area contributed by atoms with Crippen LogP contribution in [0.5, 0.6) is 0 Å². The summed E-state index contributed by atoms with van der Waals surface area (Å²) >= 11 is 14.6. The van der Waals surface area contributed by atoms with Gasteiger partial charge in [-0.1, -0.05) is 71.7 Å². The highest BCUT2D eigenvalue weighted by molar-refractivity contribution is 7.10. The number of nitrogens with one attached hydrogen (secondary N) is 1. The average molecular weight is 1030 g/mol. The second-order valence-corrected chi connectivity index (χ2v) is 19.6. The normalized spacial score (nSPS) is 18.3. The third-order valence-corrected chi connectivity index (χ3v) is 14.7. The minimum absolute atomic E-state index is 0.0276. The molecule has 18 nitrogen and oxygen atoms in total. The number of imidazole rings is 2. The van der Waals surface area contributed by atoms with Crippen molar-refractivity contribution in [1.82, 2.24) is 43.9 Å². The Morgan fingerprint density at radius 1 is 0.690 bits per heavy atom. The fourth-order valence-electron chi connectivity index (χ4n) is 9.24. The lowest BCUT2D eigenvalue weighted by atomic mass is 9.98. The molecule has 6 aromatic heterocycles. The van der Waals surface area contributed by atoms with E-state index in [1.165, 1.54) is 28.1 Å². The number of carboxylic acid groups (broad SMARTS) is 1. The van der Waals surface area contributed by atoms with Gasteiger partial charge in [-0.3, -0.25) is 9.59 Å². The van der Waals surface area contributed by atoms with Gasteiger partial charge in [-0.25, -0.2) is 34.3 Å². The Morgan fingerprint density at radius 2 is 1.23 bits per heavy atom. The number of nitrogens with two attached hydrogens (primary N) is 1. The van der Waals surface area contributed by atoms with Gasteiger partial charge in [0.25, 0.3) is 11.8 Å². The van der Waals surface area contributed by atoms with E-state index in [1.54, 1.807) is 80.0 Å². The summed E-state index contributed by atoms with van der Waals surface area (Å²) < 4.78 is 14.3. The van der Waals surface area contributed by atoms with E-state index in [2.05, 4.69) is 49.5 Å². The third-order valence-electron chi connectivity index (χ3n) is 12.4. The standard InChI is InChI=1S/C33H28ClN5O5S.C16H14ClN5O3S/c1-2-43-32(41)27-18-45-30(37-27)28-13-20(15-39(28)31(40)26-16-38-14-19(34)11-12-29(38)36-26)35-33(42)44-17-25-23-9-5-3-7-21(23)22-8-4-6-10-24(22)25;17-8-1-2-13-19-10(6-21(13)4-8)15(23)22-5-9(18)3-12(22)14-20-11(7-26-14)16(24)25/h3-12,14,16,18,20,25,28H,2,13,15,17H2,1H3,(H,35,42);1-2,4,6-7,9,12H,3,5,18H2,(H,24,25)/t20-,28+;9-,12+/m11/s1. The number of alkyl carbamates (subject to hydrolysis) is 1. The Hall–Kier alpha value is -7.23. The maximum Gasteiger partial charge on any atom is 0.407 e. The van der Waals surface area contributed by atoms with Crippen LogP contribution in [0.4, 0.5) is 4.79 Å². The van der Waals surface area contributed by atoms with Crippen LogP contribution < -0.4 is 11.1 Å². The van der Waals surface area contributed by atoms with Crippen LogP contribution in [0.3, 0.4) is 0 Å². The predicted molar refractivity (Wildman–Crippen MR) is 264 cm³/mol. The summed E-state index contributed by atoms with van der Waals surface area (Å²) in [6.07, 6.45) is 6.93. The number of amides is 3. The molecule has 22 heteroatoms. The number of thiazole rings is 2. The number of aromatic carboxylic acids is 1. The van der Waals surface area contributed by atoms with Gasteiger partial charge in [-0.15, -0.1) is 22.7 Å². The van der Waals surface area contributed by atoms with Crippen LogP contribution in [0.15, 0.2) is 108 Å². The summed E-state index contributed by atoms with van der Waals surface area (Å²) in [4.78, 5) is 84.1. The van der Waals surface area contributed by atoms with Crippen LogP contribution in [-0.2, 0) is 9.47 Å². The fourth-order valence-corrected chi connectivity index (χ4v) is 11.4. The van der Waals surface area contributed by atoms with Gasteiger partial charge in [-0.2, -0.15) is 0 Å². The number of esters is 1. The zero-order valence-electron chi connectivity index (χ0n) is 37.6. The zero-order valence-corrected chi connectivity index (χ0v) is 40.7. The summed E-state index contributed by atoms with van der Waals surface area (Å²) in [5, 5.41) is 17.3. The second-order valence-electron chi connectivity index (χ2n) is 17.0. The number of aromatic nitrogens is 6. The van der Waals surface area contributed by atoms with Crippen molar-refractivity contribution >= 4 is 87.0 Å². The number of likely N-dealkylation sites (tertiary alicyclic amines) is 2. The minimum atomic E-state index is -1.09. The molecule has 2 aromatic carbocycles. The number of benzene rings is 2. The molecule has 2 fully saturated rings. The molecular formula is C49H42Cl2N10O8S2. The van der Waals surface area contributed by atoms with Crippen LogP contribution in [0.2, 0.25) is 10.0 Å². The Kier molecular flexibility index (Phi) is 13.3. The second kappa shape index (κ2) is 19.9. The fraction of sp³-hybridized carbons (Fsp3) is 0.245. The lowest BCUT2D eigenvalue weighted by Crippen LogP contribution is -2.39. The molecule has 4 atom stereocenters. The lowest BCUT2D eigenvalue weighted by Gasteiger charge is -2.22. The molecule has 2 saturated heterocycles. The first-order valence-corrected chi connectivity index (χ1v) is 24.9. The van der Waals surface area contributed by atoms with Gasteiger partial charge in [0.15, 0.2) is 11.4 Å². The van der Waals surface area contributed by atoms with E-state index in [0.29, 0.717) is 50.7 Å². The number of fused-ring (bicyclic) bond motifs is 5. The van der Waals surface area contributed by atoms with Crippen molar-refractivity contribution in [2.24, 2.45) is 5.73 Å². The number of pyridine rings is 2. The minimum Gasteiger partial charge on any atom is -0.476 e. The monoisotopic (exact) mass is 1030 g/mol. The number of carboxylic acids is 1. The molecule has 0 bridgehead atoms. The van der Waals surface area contributed by atoms with Gasteiger partial charge in [0.1, 0.15) is 39.3 Å². The van der Waals surface area contributed by atoms with Crippen LogP contribution in [0.1, 0.15) is 101 Å². The largest absolute Gasteiger partial charge is 0.476 e. The summed E-state index contributed by atoms with van der Waals surface area (Å²) in [5.74, 6) is -2.29. The van der Waals surface area contributed by atoms with Crippen LogP contribution in [0, 0.1) is 0 Å². The van der Waals surface area contributed by atoms with Crippen molar-refractivity contribution in [1.29, 1.82) is 0 Å². The molecule has 4 N–H and O–H groups in total. The van der Waals surface area contributed by atoms with Crippen molar-refractivity contribution < 1.29 is 38.6 Å². The van der Waals surface area contributed by atoms with Gasteiger partial charge in [0.2, 0.25) is 0 Å². The highest BCUT2D eigenvalue weighted by atomic mass is 35.5. The van der Waals surface area contributed by atoms with Gasteiger partial charge in [0.05, 0.1) is 34.8 Å². The quantitative estimate of drug-likeness (QED) is 0.110. The van der Waals surface area contributed by atoms with Crippen molar-refractivity contribution in [3.63, 3.8) is 0 Å². The molecule has 71 heavy (non-hydrogen) atoms. The SMILES string of the molecule is CCOC(=O)c1csc([C@@H]2C[C@@H](NC(=O)OCC3c4ccccc4-c4ccccc43)CN2C(=O)c2cn3cc(Cl)ccc3n2)n1.N[C@@H]1C[C@@H](c2nc(C(=O)O)cs2)N(C(=O)c2cn3cc(Cl)ccc3n2)C1. The number of ether oxygens (including phenoxy) is 2. The summed E-state index contributed by atoms with van der Waals surface area (Å²) in [5.41, 5.74) is 12.4. The van der Waals surface area contributed by atoms with Crippen LogP contribution in [0.25, 0.3) is 22.4 Å². The number of carbonyl (C=O) groups is 5. The molecule has 0 spiro atoms. The summed E-state index contributed by atoms with van der Waals surface area (Å²) in [6.45, 7) is 2.70. The first kappa shape index (κ1) is 47.4. The van der Waals surface area contributed by atoms with E-state index >= 15 is 0 Å². The highest BCUT2D eigenvalue weighted by Gasteiger charge is 2.41. The first-order valence-electron chi connectivity index (χ1n) is 22.4. The van der Waals surface area contributed by atoms with E-state index in [9.17, 15) is 24.0 Å². The Balaban J connectivity index is 0.000000190. The Labute approximate surface area is 422 Å². The molecule has 8 aromatic rings. The molecule has 0 unspecified atom stereocenters. The van der Waals surface area contributed by atoms with E-state index in [0.717, 1.165) is 22.3 Å². The molecular weight excluding hydrogens is 992 g/mol. The van der Waals surface area contributed by atoms with Crippen molar-refractivity contribution in [3.05, 3.63) is 162 Å². The van der Waals surface area contributed by atoms with Crippen molar-refractivity contribution in [3.8, 4) is 11.1 Å². The third kappa shape index (κ3) is 9.68. The van der Waals surface area contributed by atoms with Gasteiger partial charge in [-0.05, 0) is 66.3 Å². The van der Waals surface area contributed by atoms with Gasteiger partial charge in [0, 0.05) is 60.6 Å². The van der Waals surface area contributed by atoms with Crippen LogP contribution in [-0.4, -0.2) is 112 Å². The van der Waals surface area contributed by atoms with Crippen LogP contribution >= 0.6 is 45.9 Å². The molecule has 0 radical (unpaired) electrons. The maximum atomic E-state index is 13.9. The predicted octanol–water partition coefficient (Wildman–Crippen LogP) is 8.17. The molecule has 11 rings (SSSR count). The lowest BCUT2D eigenvalue weighted by molar-refractivity contribution is 0.0519. The molecule has 0 saturated carbocycles. The Bertz CT molecular complexity index is 3330. The van der Waals surface area contributed by atoms with Crippen molar-refractivity contribution in [2.75, 3.05) is 26.3 Å². The number of nitrogens with zero attached hydrogens (tertiary/aromatic N) is 8. The maximum absolute atomic E-state index is 13.9. The topological polar surface area (TPSA) is 229 Å². The number of carbonyl (C=O) groups excluding carboxylic acids is 4. The van der Waals surface area contributed by atoms with Gasteiger partial charge >= 0.3 is 18.0 Å². The smallest absolute Gasteiger partial charge is 0.407 e. The molecule has 1 aliphatic carbocycles. The molecule has 8 heterocycles. The number of hydrogen-bond donors (Lipinski definition) is 3.